The van der Waals surface area contributed by atoms with Crippen molar-refractivity contribution in [3.8, 4) is 6.07 Å². The Morgan fingerprint density at radius 1 is 1.26 bits per heavy atom. The van der Waals surface area contributed by atoms with Crippen LogP contribution in [0.25, 0.3) is 0 Å². The molecule has 0 radical (unpaired) electrons. The smallest absolute Gasteiger partial charge is 0.0991 e. The van der Waals surface area contributed by atoms with E-state index in [2.05, 4.69) is 37.8 Å². The molecular weight excluding hydrogens is 230 g/mol. The number of hydrogen-bond acceptors (Lipinski definition) is 1. The SMILES string of the molecule is C=CC(CC)C1CCC(c2ccc(C#N)cc2)CC1. The van der Waals surface area contributed by atoms with E-state index in [0.29, 0.717) is 11.8 Å². The van der Waals surface area contributed by atoms with Gasteiger partial charge in [0.05, 0.1) is 11.6 Å². The van der Waals surface area contributed by atoms with Gasteiger partial charge < -0.3 is 0 Å². The van der Waals surface area contributed by atoms with Crippen LogP contribution in [0.1, 0.15) is 56.1 Å². The molecule has 0 spiro atoms. The minimum Gasteiger partial charge on any atom is -0.192 e. The fraction of sp³-hybridized carbons (Fsp3) is 0.500. The Balaban J connectivity index is 1.95. The first-order valence-corrected chi connectivity index (χ1v) is 7.41. The lowest BCUT2D eigenvalue weighted by Crippen LogP contribution is -2.19. The maximum Gasteiger partial charge on any atom is 0.0991 e. The molecule has 1 fully saturated rings. The number of hydrogen-bond donors (Lipinski definition) is 0. The van der Waals surface area contributed by atoms with Crippen molar-refractivity contribution >= 4 is 0 Å². The zero-order valence-corrected chi connectivity index (χ0v) is 11.8. The lowest BCUT2D eigenvalue weighted by molar-refractivity contribution is 0.261. The maximum absolute atomic E-state index is 8.83. The van der Waals surface area contributed by atoms with Gasteiger partial charge in [-0.15, -0.1) is 6.58 Å². The van der Waals surface area contributed by atoms with Gasteiger partial charge in [-0.25, -0.2) is 0 Å². The molecule has 0 N–H and O–H groups in total. The predicted molar refractivity (Wildman–Crippen MR) is 79.8 cm³/mol. The molecule has 1 saturated carbocycles. The van der Waals surface area contributed by atoms with E-state index in [1.807, 2.05) is 12.1 Å². The lowest BCUT2D eigenvalue weighted by atomic mass is 9.73. The average Bonchev–Trinajstić information content (AvgIpc) is 2.49. The highest BCUT2D eigenvalue weighted by Crippen LogP contribution is 2.39. The number of nitriles is 1. The van der Waals surface area contributed by atoms with Crippen LogP contribution in [0.2, 0.25) is 0 Å². The fourth-order valence-electron chi connectivity index (χ4n) is 3.40. The molecule has 0 bridgehead atoms. The first-order chi connectivity index (χ1) is 9.28. The second-order valence-electron chi connectivity index (χ2n) is 5.65. The van der Waals surface area contributed by atoms with Gasteiger partial charge in [0.15, 0.2) is 0 Å². The second-order valence-corrected chi connectivity index (χ2v) is 5.65. The van der Waals surface area contributed by atoms with Crippen LogP contribution in [0.4, 0.5) is 0 Å². The molecule has 1 heteroatoms. The zero-order chi connectivity index (χ0) is 13.7. The van der Waals surface area contributed by atoms with Crippen molar-refractivity contribution in [2.24, 2.45) is 11.8 Å². The maximum atomic E-state index is 8.83. The van der Waals surface area contributed by atoms with Crippen LogP contribution in [0.15, 0.2) is 36.9 Å². The molecular formula is C18H23N. The third kappa shape index (κ3) is 3.26. The highest BCUT2D eigenvalue weighted by atomic mass is 14.3. The van der Waals surface area contributed by atoms with E-state index < -0.39 is 0 Å². The van der Waals surface area contributed by atoms with Crippen molar-refractivity contribution in [1.29, 1.82) is 5.26 Å². The summed E-state index contributed by atoms with van der Waals surface area (Å²) in [6, 6.07) is 10.3. The minimum atomic E-state index is 0.686. The first-order valence-electron chi connectivity index (χ1n) is 7.41. The third-order valence-electron chi connectivity index (χ3n) is 4.66. The summed E-state index contributed by atoms with van der Waals surface area (Å²) in [6.07, 6.45) is 8.55. The fourth-order valence-corrected chi connectivity index (χ4v) is 3.40. The minimum absolute atomic E-state index is 0.686. The van der Waals surface area contributed by atoms with Crippen LogP contribution < -0.4 is 0 Å². The van der Waals surface area contributed by atoms with Gasteiger partial charge in [-0.3, -0.25) is 0 Å². The monoisotopic (exact) mass is 253 g/mol. The summed E-state index contributed by atoms with van der Waals surface area (Å²) in [6.45, 7) is 6.24. The molecule has 19 heavy (non-hydrogen) atoms. The van der Waals surface area contributed by atoms with Gasteiger partial charge in [-0.05, 0) is 67.6 Å². The molecule has 1 atom stereocenters. The van der Waals surface area contributed by atoms with Gasteiger partial charge in [0.1, 0.15) is 0 Å². The Morgan fingerprint density at radius 2 is 1.89 bits per heavy atom. The van der Waals surface area contributed by atoms with Gasteiger partial charge >= 0.3 is 0 Å². The van der Waals surface area contributed by atoms with E-state index in [-0.39, 0.29) is 0 Å². The first kappa shape index (κ1) is 13.9. The highest BCUT2D eigenvalue weighted by molar-refractivity contribution is 5.33. The van der Waals surface area contributed by atoms with Crippen LogP contribution >= 0.6 is 0 Å². The molecule has 0 aliphatic heterocycles. The topological polar surface area (TPSA) is 23.8 Å². The van der Waals surface area contributed by atoms with Crippen molar-refractivity contribution in [1.82, 2.24) is 0 Å². The Bertz CT molecular complexity index is 444. The second kappa shape index (κ2) is 6.57. The summed E-state index contributed by atoms with van der Waals surface area (Å²) in [4.78, 5) is 0. The van der Waals surface area contributed by atoms with Crippen molar-refractivity contribution in [3.05, 3.63) is 48.0 Å². The van der Waals surface area contributed by atoms with Crippen molar-refractivity contribution < 1.29 is 0 Å². The van der Waals surface area contributed by atoms with Crippen LogP contribution in [-0.4, -0.2) is 0 Å². The number of rotatable bonds is 4. The highest BCUT2D eigenvalue weighted by Gasteiger charge is 2.25. The van der Waals surface area contributed by atoms with Crippen molar-refractivity contribution in [2.45, 2.75) is 44.9 Å². The summed E-state index contributed by atoms with van der Waals surface area (Å²) >= 11 is 0. The van der Waals surface area contributed by atoms with E-state index in [4.69, 9.17) is 5.26 Å². The molecule has 2 rings (SSSR count). The molecule has 0 saturated heterocycles. The van der Waals surface area contributed by atoms with Crippen LogP contribution in [0.5, 0.6) is 0 Å². The number of nitrogens with zero attached hydrogens (tertiary/aromatic N) is 1. The summed E-state index contributed by atoms with van der Waals surface area (Å²) in [5.41, 5.74) is 2.17. The normalized spacial score (nSPS) is 24.4. The van der Waals surface area contributed by atoms with E-state index in [1.165, 1.54) is 37.7 Å². The van der Waals surface area contributed by atoms with Crippen LogP contribution in [0.3, 0.4) is 0 Å². The third-order valence-corrected chi connectivity index (χ3v) is 4.66. The summed E-state index contributed by atoms with van der Waals surface area (Å²) in [7, 11) is 0. The van der Waals surface area contributed by atoms with E-state index in [1.54, 1.807) is 0 Å². The molecule has 1 aromatic rings. The quantitative estimate of drug-likeness (QED) is 0.689. The summed E-state index contributed by atoms with van der Waals surface area (Å²) in [5, 5.41) is 8.83. The number of allylic oxidation sites excluding steroid dienone is 1. The molecule has 1 aromatic carbocycles. The van der Waals surface area contributed by atoms with Gasteiger partial charge in [0.2, 0.25) is 0 Å². The Hall–Kier alpha value is -1.55. The van der Waals surface area contributed by atoms with E-state index in [9.17, 15) is 0 Å². The molecule has 1 unspecified atom stereocenters. The molecule has 1 nitrogen and oxygen atoms in total. The Kier molecular flexibility index (Phi) is 4.80. The molecule has 1 aliphatic rings. The Morgan fingerprint density at radius 3 is 2.37 bits per heavy atom. The van der Waals surface area contributed by atoms with Gasteiger partial charge in [-0.2, -0.15) is 5.26 Å². The standard InChI is InChI=1S/C18H23N/c1-3-15(4-2)16-9-11-18(12-10-16)17-7-5-14(13-19)6-8-17/h3,5-8,15-16,18H,1,4,9-12H2,2H3. The van der Waals surface area contributed by atoms with E-state index in [0.717, 1.165) is 11.5 Å². The van der Waals surface area contributed by atoms with Crippen LogP contribution in [0, 0.1) is 23.2 Å². The van der Waals surface area contributed by atoms with E-state index >= 15 is 0 Å². The van der Waals surface area contributed by atoms with Crippen LogP contribution in [-0.2, 0) is 0 Å². The largest absolute Gasteiger partial charge is 0.192 e. The zero-order valence-electron chi connectivity index (χ0n) is 11.8. The predicted octanol–water partition coefficient (Wildman–Crippen LogP) is 5.04. The Labute approximate surface area is 117 Å². The molecule has 0 heterocycles. The van der Waals surface area contributed by atoms with Crippen molar-refractivity contribution in [2.75, 3.05) is 0 Å². The van der Waals surface area contributed by atoms with Gasteiger partial charge in [-0.1, -0.05) is 25.1 Å². The van der Waals surface area contributed by atoms with Gasteiger partial charge in [0, 0.05) is 0 Å². The molecule has 0 amide bonds. The average molecular weight is 253 g/mol. The lowest BCUT2D eigenvalue weighted by Gasteiger charge is -2.32. The van der Waals surface area contributed by atoms with Gasteiger partial charge in [0.25, 0.3) is 0 Å². The summed E-state index contributed by atoms with van der Waals surface area (Å²) in [5.74, 6) is 2.21. The molecule has 0 aromatic heterocycles. The number of benzene rings is 1. The summed E-state index contributed by atoms with van der Waals surface area (Å²) < 4.78 is 0. The van der Waals surface area contributed by atoms with Crippen molar-refractivity contribution in [3.63, 3.8) is 0 Å². The molecule has 1 aliphatic carbocycles. The molecule has 100 valence electrons.